The number of nitrogens with zero attached hydrogens (tertiary/aromatic N) is 1. The number of carbonyl (C=O) groups excluding carboxylic acids is 2. The number of fused-ring (bicyclic) bond motifs is 1. The summed E-state index contributed by atoms with van der Waals surface area (Å²) < 4.78 is 16.4. The Labute approximate surface area is 148 Å². The molecular weight excluding hydrogens is 371 g/mol. The van der Waals surface area contributed by atoms with Crippen LogP contribution in [0, 0.1) is 0 Å². The molecule has 24 heavy (non-hydrogen) atoms. The first-order chi connectivity index (χ1) is 11.2. The summed E-state index contributed by atoms with van der Waals surface area (Å²) in [6.07, 6.45) is 0.216. The van der Waals surface area contributed by atoms with Gasteiger partial charge in [-0.2, -0.15) is 11.3 Å². The van der Waals surface area contributed by atoms with E-state index in [1.807, 2.05) is 16.8 Å². The normalized spacial score (nSPS) is 30.4. The summed E-state index contributed by atoms with van der Waals surface area (Å²) in [5, 5.41) is 6.18. The lowest BCUT2D eigenvalue weighted by molar-refractivity contribution is -0.149. The molecule has 0 saturated carbocycles. The average molecular weight is 390 g/mol. The van der Waals surface area contributed by atoms with Crippen LogP contribution in [-0.2, 0) is 25.1 Å². The summed E-state index contributed by atoms with van der Waals surface area (Å²) in [4.78, 5) is 36.0. The van der Waals surface area contributed by atoms with Crippen molar-refractivity contribution in [2.45, 2.75) is 42.2 Å². The predicted molar refractivity (Wildman–Crippen MR) is 92.9 cm³/mol. The zero-order valence-corrected chi connectivity index (χ0v) is 16.0. The van der Waals surface area contributed by atoms with Crippen molar-refractivity contribution < 1.29 is 23.6 Å². The molecule has 2 aliphatic rings. The zero-order valence-electron chi connectivity index (χ0n) is 13.5. The molecule has 4 atom stereocenters. The summed E-state index contributed by atoms with van der Waals surface area (Å²) >= 11 is 2.92. The highest BCUT2D eigenvalue weighted by atomic mass is 32.2. The Morgan fingerprint density at radius 3 is 2.83 bits per heavy atom. The molecular formula is C14H19N2O5PS2. The van der Waals surface area contributed by atoms with E-state index in [2.05, 4.69) is 5.32 Å². The van der Waals surface area contributed by atoms with Crippen molar-refractivity contribution in [3.63, 3.8) is 0 Å². The Bertz CT molecular complexity index is 708. The highest BCUT2D eigenvalue weighted by molar-refractivity contribution is 8.02. The Morgan fingerprint density at radius 2 is 2.25 bits per heavy atom. The molecule has 2 fully saturated rings. The van der Waals surface area contributed by atoms with Gasteiger partial charge in [-0.05, 0) is 36.2 Å². The van der Waals surface area contributed by atoms with Gasteiger partial charge < -0.3 is 19.6 Å². The summed E-state index contributed by atoms with van der Waals surface area (Å²) in [6, 6.07) is 1.20. The molecule has 132 valence electrons. The number of carbonyl (C=O) groups is 2. The van der Waals surface area contributed by atoms with E-state index >= 15 is 0 Å². The largest absolute Gasteiger partial charge is 0.351 e. The molecule has 0 aromatic carbocycles. The molecule has 2 N–H and O–H groups in total. The Kier molecular flexibility index (Phi) is 4.59. The van der Waals surface area contributed by atoms with E-state index in [9.17, 15) is 19.0 Å². The van der Waals surface area contributed by atoms with Crippen LogP contribution in [0.2, 0.25) is 0 Å². The molecule has 0 radical (unpaired) electrons. The van der Waals surface area contributed by atoms with Crippen molar-refractivity contribution in [1.29, 1.82) is 0 Å². The van der Waals surface area contributed by atoms with Gasteiger partial charge in [-0.1, -0.05) is 0 Å². The molecule has 2 amide bonds. The van der Waals surface area contributed by atoms with Crippen LogP contribution in [0.25, 0.3) is 0 Å². The Morgan fingerprint density at radius 1 is 1.54 bits per heavy atom. The molecule has 2 aliphatic heterocycles. The van der Waals surface area contributed by atoms with Crippen LogP contribution >= 0.6 is 30.7 Å². The predicted octanol–water partition coefficient (Wildman–Crippen LogP) is 1.63. The topological polar surface area (TPSA) is 95.9 Å². The van der Waals surface area contributed by atoms with Gasteiger partial charge in [0, 0.05) is 11.9 Å². The summed E-state index contributed by atoms with van der Waals surface area (Å²) in [5.41, 5.74) is 0.901. The fraction of sp³-hybridized carbons (Fsp3) is 0.571. The first-order valence-electron chi connectivity index (χ1n) is 7.36. The van der Waals surface area contributed by atoms with Crippen molar-refractivity contribution in [1.82, 2.24) is 10.2 Å². The minimum atomic E-state index is -3.96. The summed E-state index contributed by atoms with van der Waals surface area (Å²) in [5.74, 6) is -1.48. The monoisotopic (exact) mass is 390 g/mol. The summed E-state index contributed by atoms with van der Waals surface area (Å²) in [6.45, 7) is 3.61. The van der Waals surface area contributed by atoms with Crippen LogP contribution < -0.4 is 5.32 Å². The van der Waals surface area contributed by atoms with Gasteiger partial charge in [0.1, 0.15) is 17.2 Å². The molecule has 0 bridgehead atoms. The maximum absolute atomic E-state index is 12.5. The van der Waals surface area contributed by atoms with E-state index in [1.165, 1.54) is 35.1 Å². The van der Waals surface area contributed by atoms with Gasteiger partial charge in [-0.3, -0.25) is 14.2 Å². The maximum atomic E-state index is 12.5. The third kappa shape index (κ3) is 2.93. The van der Waals surface area contributed by atoms with E-state index in [-0.39, 0.29) is 23.6 Å². The summed E-state index contributed by atoms with van der Waals surface area (Å²) in [7, 11) is -2.79. The van der Waals surface area contributed by atoms with Gasteiger partial charge in [0.15, 0.2) is 0 Å². The van der Waals surface area contributed by atoms with Crippen LogP contribution in [0.4, 0.5) is 0 Å². The minimum Gasteiger partial charge on any atom is -0.341 e. The molecule has 3 unspecified atom stereocenters. The van der Waals surface area contributed by atoms with Gasteiger partial charge in [-0.15, -0.1) is 11.8 Å². The molecule has 1 aromatic heterocycles. The van der Waals surface area contributed by atoms with Gasteiger partial charge in [0.2, 0.25) is 11.8 Å². The van der Waals surface area contributed by atoms with Gasteiger partial charge in [0.25, 0.3) is 0 Å². The molecule has 3 rings (SSSR count). The number of nitrogens with one attached hydrogen (secondary N) is 1. The second-order valence-electron chi connectivity index (χ2n) is 6.33. The van der Waals surface area contributed by atoms with Crippen LogP contribution in [0.1, 0.15) is 19.4 Å². The number of β-lactam (4-membered cyclic amide) rings is 1. The van der Waals surface area contributed by atoms with E-state index in [0.29, 0.717) is 0 Å². The molecule has 1 aromatic rings. The van der Waals surface area contributed by atoms with Gasteiger partial charge in [-0.25, -0.2) is 0 Å². The molecule has 3 heterocycles. The number of thioether (sulfide) groups is 1. The van der Waals surface area contributed by atoms with Crippen molar-refractivity contribution in [3.05, 3.63) is 22.4 Å². The van der Waals surface area contributed by atoms with Crippen molar-refractivity contribution in [3.8, 4) is 0 Å². The SMILES string of the molecule is COP(=O)(O)C1N2C(=O)C(NC(=O)Cc3ccsc3)[C@@H]2SC1(C)C. The van der Waals surface area contributed by atoms with E-state index in [0.717, 1.165) is 5.56 Å². The zero-order chi connectivity index (χ0) is 17.7. The van der Waals surface area contributed by atoms with E-state index < -0.39 is 24.2 Å². The van der Waals surface area contributed by atoms with Crippen LogP contribution in [0.5, 0.6) is 0 Å². The molecule has 7 nitrogen and oxygen atoms in total. The van der Waals surface area contributed by atoms with E-state index in [1.54, 1.807) is 13.8 Å². The fourth-order valence-corrected chi connectivity index (χ4v) is 7.58. The van der Waals surface area contributed by atoms with Gasteiger partial charge >= 0.3 is 7.60 Å². The molecule has 10 heteroatoms. The van der Waals surface area contributed by atoms with E-state index in [4.69, 9.17) is 4.52 Å². The minimum absolute atomic E-state index is 0.216. The third-order valence-electron chi connectivity index (χ3n) is 4.22. The second kappa shape index (κ2) is 6.14. The fourth-order valence-electron chi connectivity index (χ4n) is 3.16. The van der Waals surface area contributed by atoms with Crippen molar-refractivity contribution in [2.75, 3.05) is 7.11 Å². The maximum Gasteiger partial charge on any atom is 0.351 e. The van der Waals surface area contributed by atoms with Crippen LogP contribution in [0.3, 0.4) is 0 Å². The Balaban J connectivity index is 1.71. The number of hydrogen-bond acceptors (Lipinski definition) is 6. The lowest BCUT2D eigenvalue weighted by Crippen LogP contribution is -2.69. The van der Waals surface area contributed by atoms with Crippen molar-refractivity contribution >= 4 is 42.5 Å². The Hall–Kier alpha value is -0.860. The lowest BCUT2D eigenvalue weighted by atomic mass is 10.0. The second-order valence-corrected chi connectivity index (χ2v) is 10.9. The first-order valence-corrected chi connectivity index (χ1v) is 10.8. The van der Waals surface area contributed by atoms with Gasteiger partial charge in [0.05, 0.1) is 6.42 Å². The standard InChI is InChI=1S/C14H19N2O5PS2/c1-14(2)13(22(19,20)21-3)16-11(18)10(12(16)24-14)15-9(17)6-8-4-5-23-7-8/h4-5,7,10,12-13H,6H2,1-3H3,(H,15,17)(H,19,20)/t10?,12-,13?/m0/s1. The van der Waals surface area contributed by atoms with Crippen LogP contribution in [0.15, 0.2) is 16.8 Å². The average Bonchev–Trinajstić information content (AvgIpc) is 3.09. The number of rotatable bonds is 5. The highest BCUT2D eigenvalue weighted by Crippen LogP contribution is 2.64. The molecule has 0 aliphatic carbocycles. The quantitative estimate of drug-likeness (QED) is 0.586. The number of hydrogen-bond donors (Lipinski definition) is 2. The smallest absolute Gasteiger partial charge is 0.341 e. The van der Waals surface area contributed by atoms with Crippen molar-refractivity contribution in [2.24, 2.45) is 0 Å². The first kappa shape index (κ1) is 17.9. The number of thiophene rings is 1. The molecule has 2 saturated heterocycles. The highest BCUT2D eigenvalue weighted by Gasteiger charge is 2.66. The number of amides is 2. The lowest BCUT2D eigenvalue weighted by Gasteiger charge is -2.45. The van der Waals surface area contributed by atoms with Crippen LogP contribution in [-0.4, -0.2) is 50.7 Å². The third-order valence-corrected chi connectivity index (χ3v) is 8.74. The molecule has 0 spiro atoms.